The molecule has 0 aromatic heterocycles. The number of ether oxygens (including phenoxy) is 1. The lowest BCUT2D eigenvalue weighted by atomic mass is 9.96. The van der Waals surface area contributed by atoms with E-state index in [2.05, 4.69) is 91.0 Å². The van der Waals surface area contributed by atoms with E-state index >= 15 is 0 Å². The average molecular weight is 409 g/mol. The first-order valence-electron chi connectivity index (χ1n) is 10.5. The first-order chi connectivity index (χ1) is 15.3. The quantitative estimate of drug-likeness (QED) is 0.273. The van der Waals surface area contributed by atoms with Crippen molar-refractivity contribution in [3.05, 3.63) is 138 Å². The maximum Gasteiger partial charge on any atom is 0.197 e. The van der Waals surface area contributed by atoms with E-state index in [4.69, 9.17) is 9.84 Å². The Hall–Kier alpha value is -3.62. The van der Waals surface area contributed by atoms with Gasteiger partial charge in [-0.25, -0.2) is 0 Å². The first kappa shape index (κ1) is 22.1. The van der Waals surface area contributed by atoms with Crippen molar-refractivity contribution in [2.24, 2.45) is 0 Å². The van der Waals surface area contributed by atoms with Crippen LogP contribution in [0.3, 0.4) is 0 Å². The van der Waals surface area contributed by atoms with Crippen molar-refractivity contribution in [2.45, 2.75) is 19.6 Å². The maximum atomic E-state index is 9.09. The van der Waals surface area contributed by atoms with Crippen LogP contribution in [-0.2, 0) is 0 Å². The van der Waals surface area contributed by atoms with Gasteiger partial charge in [0.25, 0.3) is 0 Å². The number of hydrogen-bond donors (Lipinski definition) is 1. The van der Waals surface area contributed by atoms with E-state index < -0.39 is 6.29 Å². The van der Waals surface area contributed by atoms with Gasteiger partial charge in [-0.2, -0.15) is 0 Å². The normalized spacial score (nSPS) is 10.9. The topological polar surface area (TPSA) is 29.5 Å². The highest BCUT2D eigenvalue weighted by molar-refractivity contribution is 5.91. The van der Waals surface area contributed by atoms with Crippen molar-refractivity contribution in [3.8, 4) is 5.75 Å². The number of benzene rings is 4. The Bertz CT molecular complexity index is 986. The number of para-hydroxylation sites is 1. The summed E-state index contributed by atoms with van der Waals surface area (Å²) in [5.41, 5.74) is 4.94. The Morgan fingerprint density at radius 3 is 1.55 bits per heavy atom. The second kappa shape index (κ2) is 12.2. The molecule has 0 aliphatic rings. The summed E-state index contributed by atoms with van der Waals surface area (Å²) in [4.78, 5) is 0. The number of rotatable bonds is 6. The largest absolute Gasteiger partial charge is 0.465 e. The molecule has 2 heteroatoms. The monoisotopic (exact) mass is 408 g/mol. The lowest BCUT2D eigenvalue weighted by Gasteiger charge is -2.10. The lowest BCUT2D eigenvalue weighted by molar-refractivity contribution is -0.0191. The van der Waals surface area contributed by atoms with Crippen LogP contribution in [-0.4, -0.2) is 11.4 Å². The second-order valence-electron chi connectivity index (χ2n) is 6.99. The van der Waals surface area contributed by atoms with Crippen LogP contribution in [0, 0.1) is 0 Å². The van der Waals surface area contributed by atoms with Crippen LogP contribution < -0.4 is 4.74 Å². The second-order valence-corrected chi connectivity index (χ2v) is 6.99. The Morgan fingerprint density at radius 2 is 1.10 bits per heavy atom. The van der Waals surface area contributed by atoms with Crippen molar-refractivity contribution in [3.63, 3.8) is 0 Å². The zero-order valence-corrected chi connectivity index (χ0v) is 17.8. The van der Waals surface area contributed by atoms with Gasteiger partial charge < -0.3 is 9.84 Å². The van der Waals surface area contributed by atoms with Crippen molar-refractivity contribution in [2.75, 3.05) is 0 Å². The van der Waals surface area contributed by atoms with Gasteiger partial charge in [0.15, 0.2) is 6.29 Å². The molecular formula is C29H28O2. The molecule has 2 nitrogen and oxygen atoms in total. The first-order valence-corrected chi connectivity index (χ1v) is 10.5. The van der Waals surface area contributed by atoms with Crippen LogP contribution >= 0.6 is 0 Å². The van der Waals surface area contributed by atoms with Crippen LogP contribution in [0.5, 0.6) is 5.75 Å². The van der Waals surface area contributed by atoms with E-state index in [1.165, 1.54) is 22.3 Å². The molecule has 0 saturated heterocycles. The molecule has 0 aliphatic heterocycles. The number of hydrogen-bond acceptors (Lipinski definition) is 2. The van der Waals surface area contributed by atoms with Crippen LogP contribution in [0.25, 0.3) is 11.6 Å². The van der Waals surface area contributed by atoms with Crippen LogP contribution in [0.2, 0.25) is 0 Å². The third-order valence-corrected chi connectivity index (χ3v) is 4.64. The van der Waals surface area contributed by atoms with Gasteiger partial charge in [0.05, 0.1) is 0 Å². The molecule has 0 fully saturated rings. The molecule has 156 valence electrons. The minimum Gasteiger partial charge on any atom is -0.465 e. The Labute approximate surface area is 185 Å². The summed E-state index contributed by atoms with van der Waals surface area (Å²) in [6.45, 7) is 1.87. The third-order valence-electron chi connectivity index (χ3n) is 4.64. The zero-order valence-electron chi connectivity index (χ0n) is 17.8. The minimum atomic E-state index is -0.683. The average Bonchev–Trinajstić information content (AvgIpc) is 2.85. The van der Waals surface area contributed by atoms with Crippen molar-refractivity contribution >= 4 is 11.6 Å². The van der Waals surface area contributed by atoms with E-state index in [1.54, 1.807) is 0 Å². The lowest BCUT2D eigenvalue weighted by Crippen LogP contribution is -2.13. The summed E-state index contributed by atoms with van der Waals surface area (Å²) in [7, 11) is 0. The van der Waals surface area contributed by atoms with Gasteiger partial charge in [0, 0.05) is 6.42 Å². The third kappa shape index (κ3) is 7.29. The predicted octanol–water partition coefficient (Wildman–Crippen LogP) is 7.07. The summed E-state index contributed by atoms with van der Waals surface area (Å²) in [6.07, 6.45) is 2.16. The summed E-state index contributed by atoms with van der Waals surface area (Å²) in [5.74, 6) is 0.710. The SMILES string of the molecule is C(=C(c1ccccc1)c1ccccc1)c1ccccc1.CCC(O)Oc1ccccc1. The summed E-state index contributed by atoms with van der Waals surface area (Å²) in [6, 6.07) is 40.8. The highest BCUT2D eigenvalue weighted by Gasteiger charge is 2.04. The van der Waals surface area contributed by atoms with E-state index in [-0.39, 0.29) is 0 Å². The Balaban J connectivity index is 0.000000210. The van der Waals surface area contributed by atoms with Gasteiger partial charge in [-0.05, 0) is 40.5 Å². The molecular weight excluding hydrogens is 380 g/mol. The van der Waals surface area contributed by atoms with Gasteiger partial charge in [-0.15, -0.1) is 0 Å². The molecule has 1 unspecified atom stereocenters. The highest BCUT2D eigenvalue weighted by atomic mass is 16.6. The predicted molar refractivity (Wildman–Crippen MR) is 130 cm³/mol. The van der Waals surface area contributed by atoms with Gasteiger partial charge >= 0.3 is 0 Å². The molecule has 0 bridgehead atoms. The zero-order chi connectivity index (χ0) is 21.7. The van der Waals surface area contributed by atoms with E-state index in [0.717, 1.165) is 0 Å². The van der Waals surface area contributed by atoms with Crippen molar-refractivity contribution in [1.82, 2.24) is 0 Å². The summed E-state index contributed by atoms with van der Waals surface area (Å²) >= 11 is 0. The molecule has 0 radical (unpaired) electrons. The Morgan fingerprint density at radius 1 is 0.677 bits per heavy atom. The molecule has 1 N–H and O–H groups in total. The molecule has 0 spiro atoms. The molecule has 31 heavy (non-hydrogen) atoms. The molecule has 4 aromatic carbocycles. The van der Waals surface area contributed by atoms with Gasteiger partial charge in [-0.1, -0.05) is 116 Å². The maximum absolute atomic E-state index is 9.09. The van der Waals surface area contributed by atoms with Crippen molar-refractivity contribution < 1.29 is 9.84 Å². The van der Waals surface area contributed by atoms with Gasteiger partial charge in [-0.3, -0.25) is 0 Å². The van der Waals surface area contributed by atoms with Crippen molar-refractivity contribution in [1.29, 1.82) is 0 Å². The van der Waals surface area contributed by atoms with E-state index in [0.29, 0.717) is 12.2 Å². The van der Waals surface area contributed by atoms with E-state index in [1.807, 2.05) is 43.3 Å². The molecule has 0 amide bonds. The van der Waals surface area contributed by atoms with Crippen LogP contribution in [0.4, 0.5) is 0 Å². The number of aliphatic hydroxyl groups is 1. The smallest absolute Gasteiger partial charge is 0.197 e. The fraction of sp³-hybridized carbons (Fsp3) is 0.103. The van der Waals surface area contributed by atoms with Gasteiger partial charge in [0.2, 0.25) is 0 Å². The molecule has 1 atom stereocenters. The highest BCUT2D eigenvalue weighted by Crippen LogP contribution is 2.25. The molecule has 4 aromatic rings. The molecule has 4 rings (SSSR count). The summed E-state index contributed by atoms with van der Waals surface area (Å²) < 4.78 is 5.12. The number of aliphatic hydroxyl groups excluding tert-OH is 1. The summed E-state index contributed by atoms with van der Waals surface area (Å²) in [5, 5.41) is 9.09. The fourth-order valence-electron chi connectivity index (χ4n) is 3.02. The molecule has 0 aliphatic carbocycles. The minimum absolute atomic E-state index is 0.606. The van der Waals surface area contributed by atoms with Gasteiger partial charge in [0.1, 0.15) is 5.75 Å². The molecule has 0 saturated carbocycles. The van der Waals surface area contributed by atoms with Crippen LogP contribution in [0.15, 0.2) is 121 Å². The Kier molecular flexibility index (Phi) is 8.66. The van der Waals surface area contributed by atoms with Crippen LogP contribution in [0.1, 0.15) is 30.0 Å². The fourth-order valence-corrected chi connectivity index (χ4v) is 3.02. The molecule has 0 heterocycles. The standard InChI is InChI=1S/C20H16.C9H12O2/c1-4-10-17(11-5-1)16-20(18-12-6-2-7-13-18)19-14-8-3-9-15-19;1-2-9(10)11-8-6-4-3-5-7-8/h1-16H;3-7,9-10H,2H2,1H3. The van der Waals surface area contributed by atoms with E-state index in [9.17, 15) is 0 Å².